The van der Waals surface area contributed by atoms with Gasteiger partial charge in [0.2, 0.25) is 0 Å². The van der Waals surface area contributed by atoms with Crippen molar-refractivity contribution in [3.8, 4) is 11.8 Å². The monoisotopic (exact) mass is 322 g/mol. The molecule has 1 heterocycles. The van der Waals surface area contributed by atoms with Crippen LogP contribution in [0.5, 0.6) is 0 Å². The molecule has 0 unspecified atom stereocenters. The van der Waals surface area contributed by atoms with Gasteiger partial charge in [-0.15, -0.1) is 5.06 Å². The Morgan fingerprint density at radius 1 is 1.04 bits per heavy atom. The molecule has 2 aromatic rings. The molecule has 1 aliphatic rings. The van der Waals surface area contributed by atoms with Crippen LogP contribution in [0.2, 0.25) is 0 Å². The predicted molar refractivity (Wildman–Crippen MR) is 82.9 cm³/mol. The van der Waals surface area contributed by atoms with Gasteiger partial charge < -0.3 is 0 Å². The van der Waals surface area contributed by atoms with Gasteiger partial charge in [0.25, 0.3) is 17.5 Å². The van der Waals surface area contributed by atoms with Gasteiger partial charge in [0, 0.05) is 17.7 Å². The van der Waals surface area contributed by atoms with Gasteiger partial charge in [-0.2, -0.15) is 0 Å². The van der Waals surface area contributed by atoms with E-state index >= 15 is 0 Å². The third kappa shape index (κ3) is 2.86. The second-order valence-corrected chi connectivity index (χ2v) is 4.83. The summed E-state index contributed by atoms with van der Waals surface area (Å²) in [4.78, 5) is 39.4. The van der Waals surface area contributed by atoms with Crippen molar-refractivity contribution in [2.24, 2.45) is 0 Å². The lowest BCUT2D eigenvalue weighted by Crippen LogP contribution is -2.30. The Kier molecular flexibility index (Phi) is 4.05. The molecule has 0 saturated carbocycles. The maximum absolute atomic E-state index is 12.0. The molecular formula is C17H10N2O5. The van der Waals surface area contributed by atoms with Gasteiger partial charge in [-0.1, -0.05) is 30.0 Å². The third-order valence-electron chi connectivity index (χ3n) is 3.31. The van der Waals surface area contributed by atoms with E-state index in [1.165, 1.54) is 18.2 Å². The van der Waals surface area contributed by atoms with Crippen LogP contribution in [-0.2, 0) is 4.84 Å². The SMILES string of the molecule is O=C1c2ccccc2C(=O)N1OCC#Cc1cccc([N+](=O)[O-])c1. The number of hydroxylamine groups is 2. The van der Waals surface area contributed by atoms with Gasteiger partial charge in [0.05, 0.1) is 16.1 Å². The molecule has 1 aliphatic heterocycles. The quantitative estimate of drug-likeness (QED) is 0.374. The summed E-state index contributed by atoms with van der Waals surface area (Å²) in [6.07, 6.45) is 0. The molecule has 7 heteroatoms. The van der Waals surface area contributed by atoms with Crippen molar-refractivity contribution in [3.05, 3.63) is 75.3 Å². The number of rotatable bonds is 3. The van der Waals surface area contributed by atoms with Crippen molar-refractivity contribution in [1.29, 1.82) is 0 Å². The normalized spacial score (nSPS) is 12.6. The number of hydrogen-bond acceptors (Lipinski definition) is 5. The highest BCUT2D eigenvalue weighted by Crippen LogP contribution is 2.22. The van der Waals surface area contributed by atoms with Crippen molar-refractivity contribution < 1.29 is 19.3 Å². The Hall–Kier alpha value is -3.50. The van der Waals surface area contributed by atoms with Gasteiger partial charge in [0.15, 0.2) is 0 Å². The Morgan fingerprint density at radius 3 is 2.33 bits per heavy atom. The Balaban J connectivity index is 1.66. The predicted octanol–water partition coefficient (Wildman–Crippen LogP) is 2.17. The number of amides is 2. The van der Waals surface area contributed by atoms with Crippen LogP contribution in [0.3, 0.4) is 0 Å². The number of nitrogens with zero attached hydrogens (tertiary/aromatic N) is 2. The van der Waals surface area contributed by atoms with Crippen LogP contribution >= 0.6 is 0 Å². The highest BCUT2D eigenvalue weighted by Gasteiger charge is 2.36. The van der Waals surface area contributed by atoms with Crippen LogP contribution in [0.25, 0.3) is 0 Å². The number of imide groups is 1. The lowest BCUT2D eigenvalue weighted by atomic mass is 10.1. The lowest BCUT2D eigenvalue weighted by Gasteiger charge is -2.10. The van der Waals surface area contributed by atoms with E-state index in [1.54, 1.807) is 30.3 Å². The Morgan fingerprint density at radius 2 is 1.71 bits per heavy atom. The van der Waals surface area contributed by atoms with Crippen molar-refractivity contribution in [3.63, 3.8) is 0 Å². The number of benzene rings is 2. The van der Waals surface area contributed by atoms with Crippen molar-refractivity contribution in [2.45, 2.75) is 0 Å². The molecule has 0 atom stereocenters. The Bertz CT molecular complexity index is 875. The number of carbonyl (C=O) groups is 2. The fraction of sp³-hybridized carbons (Fsp3) is 0.0588. The van der Waals surface area contributed by atoms with E-state index in [1.807, 2.05) is 0 Å². The first-order valence-electron chi connectivity index (χ1n) is 6.92. The van der Waals surface area contributed by atoms with Gasteiger partial charge in [0.1, 0.15) is 6.61 Å². The summed E-state index contributed by atoms with van der Waals surface area (Å²) in [7, 11) is 0. The number of nitro groups is 1. The summed E-state index contributed by atoms with van der Waals surface area (Å²) in [5.41, 5.74) is 0.946. The van der Waals surface area contributed by atoms with E-state index in [9.17, 15) is 19.7 Å². The maximum Gasteiger partial charge on any atom is 0.285 e. The zero-order valence-corrected chi connectivity index (χ0v) is 12.3. The molecule has 0 radical (unpaired) electrons. The van der Waals surface area contributed by atoms with Gasteiger partial charge >= 0.3 is 0 Å². The highest BCUT2D eigenvalue weighted by atomic mass is 16.7. The Labute approximate surface area is 136 Å². The molecular weight excluding hydrogens is 312 g/mol. The summed E-state index contributed by atoms with van der Waals surface area (Å²) in [6.45, 7) is -0.200. The second kappa shape index (κ2) is 6.32. The first-order valence-corrected chi connectivity index (χ1v) is 6.92. The minimum absolute atomic E-state index is 0.0666. The molecule has 0 spiro atoms. The molecule has 24 heavy (non-hydrogen) atoms. The lowest BCUT2D eigenvalue weighted by molar-refractivity contribution is -0.384. The van der Waals surface area contributed by atoms with E-state index in [4.69, 9.17) is 4.84 Å². The molecule has 7 nitrogen and oxygen atoms in total. The van der Waals surface area contributed by atoms with Gasteiger partial charge in [-0.05, 0) is 18.2 Å². The van der Waals surface area contributed by atoms with Crippen molar-refractivity contribution >= 4 is 17.5 Å². The average molecular weight is 322 g/mol. The van der Waals surface area contributed by atoms with E-state index < -0.39 is 16.7 Å². The van der Waals surface area contributed by atoms with E-state index in [0.717, 1.165) is 0 Å². The molecule has 118 valence electrons. The van der Waals surface area contributed by atoms with Crippen LogP contribution in [0.1, 0.15) is 26.3 Å². The second-order valence-electron chi connectivity index (χ2n) is 4.83. The number of carbonyl (C=O) groups excluding carboxylic acids is 2. The zero-order chi connectivity index (χ0) is 17.1. The fourth-order valence-corrected chi connectivity index (χ4v) is 2.22. The average Bonchev–Trinajstić information content (AvgIpc) is 2.84. The minimum Gasteiger partial charge on any atom is -0.266 e. The summed E-state index contributed by atoms with van der Waals surface area (Å²) in [5.74, 6) is 4.24. The first kappa shape index (κ1) is 15.4. The largest absolute Gasteiger partial charge is 0.285 e. The highest BCUT2D eigenvalue weighted by molar-refractivity contribution is 6.20. The summed E-state index contributed by atoms with van der Waals surface area (Å²) in [5, 5.41) is 11.4. The molecule has 2 aromatic carbocycles. The standard InChI is InChI=1S/C17H10N2O5/c20-16-14-8-1-2-9-15(14)17(21)18(16)24-10-4-6-12-5-3-7-13(11-12)19(22)23/h1-3,5,7-9,11H,10H2. The molecule has 0 saturated heterocycles. The van der Waals surface area contributed by atoms with Crippen LogP contribution in [0.15, 0.2) is 48.5 Å². The van der Waals surface area contributed by atoms with Gasteiger partial charge in [-0.3, -0.25) is 19.7 Å². The van der Waals surface area contributed by atoms with E-state index in [-0.39, 0.29) is 23.4 Å². The van der Waals surface area contributed by atoms with E-state index in [2.05, 4.69) is 11.8 Å². The summed E-state index contributed by atoms with van der Waals surface area (Å²) < 4.78 is 0. The van der Waals surface area contributed by atoms with Crippen LogP contribution in [0.4, 0.5) is 5.69 Å². The third-order valence-corrected chi connectivity index (χ3v) is 3.31. The summed E-state index contributed by atoms with van der Waals surface area (Å²) in [6, 6.07) is 12.2. The molecule has 0 fully saturated rings. The van der Waals surface area contributed by atoms with Gasteiger partial charge in [-0.25, -0.2) is 4.84 Å². The minimum atomic E-state index is -0.534. The molecule has 0 aromatic heterocycles. The number of hydrogen-bond donors (Lipinski definition) is 0. The van der Waals surface area contributed by atoms with E-state index in [0.29, 0.717) is 10.6 Å². The topological polar surface area (TPSA) is 89.8 Å². The number of fused-ring (bicyclic) bond motifs is 1. The maximum atomic E-state index is 12.0. The molecule has 0 aliphatic carbocycles. The van der Waals surface area contributed by atoms with Crippen molar-refractivity contribution in [1.82, 2.24) is 5.06 Å². The number of non-ortho nitro benzene ring substituents is 1. The number of nitro benzene ring substituents is 1. The fourth-order valence-electron chi connectivity index (χ4n) is 2.22. The molecule has 3 rings (SSSR count). The smallest absolute Gasteiger partial charge is 0.266 e. The zero-order valence-electron chi connectivity index (χ0n) is 12.3. The molecule has 2 amide bonds. The summed E-state index contributed by atoms with van der Waals surface area (Å²) >= 11 is 0. The molecule has 0 N–H and O–H groups in total. The van der Waals surface area contributed by atoms with Crippen LogP contribution in [0, 0.1) is 22.0 Å². The van der Waals surface area contributed by atoms with Crippen molar-refractivity contribution in [2.75, 3.05) is 6.61 Å². The first-order chi connectivity index (χ1) is 11.6. The van der Waals surface area contributed by atoms with Crippen LogP contribution in [-0.4, -0.2) is 28.4 Å². The van der Waals surface area contributed by atoms with Crippen LogP contribution < -0.4 is 0 Å². The molecule has 0 bridgehead atoms.